The van der Waals surface area contributed by atoms with E-state index in [2.05, 4.69) is 10.0 Å². The van der Waals surface area contributed by atoms with Crippen molar-refractivity contribution in [3.8, 4) is 0 Å². The molecule has 0 saturated carbocycles. The van der Waals surface area contributed by atoms with E-state index >= 15 is 0 Å². The number of rotatable bonds is 10. The summed E-state index contributed by atoms with van der Waals surface area (Å²) in [5, 5.41) is 4.45. The van der Waals surface area contributed by atoms with Gasteiger partial charge in [0.2, 0.25) is 5.91 Å². The lowest BCUT2D eigenvalue weighted by molar-refractivity contribution is -0.123. The van der Waals surface area contributed by atoms with Crippen molar-refractivity contribution in [2.75, 3.05) is 13.2 Å². The van der Waals surface area contributed by atoms with Gasteiger partial charge in [0.15, 0.2) is 0 Å². The first-order valence-corrected chi connectivity index (χ1v) is 10.1. The number of carbonyl (C=O) groups is 1. The summed E-state index contributed by atoms with van der Waals surface area (Å²) < 4.78 is 32.6. The number of carbonyl (C=O) groups excluding carboxylic acids is 1. The van der Waals surface area contributed by atoms with Gasteiger partial charge in [0.05, 0.1) is 6.10 Å². The van der Waals surface area contributed by atoms with Gasteiger partial charge in [-0.25, -0.2) is 8.42 Å². The number of sulfonamides is 1. The Morgan fingerprint density at radius 2 is 2.00 bits per heavy atom. The van der Waals surface area contributed by atoms with Gasteiger partial charge in [-0.3, -0.25) is 4.79 Å². The molecule has 23 heavy (non-hydrogen) atoms. The monoisotopic (exact) mass is 362 g/mol. The van der Waals surface area contributed by atoms with Crippen molar-refractivity contribution in [2.45, 2.75) is 50.5 Å². The molecule has 0 aliphatic heterocycles. The van der Waals surface area contributed by atoms with E-state index < -0.39 is 16.1 Å². The van der Waals surface area contributed by atoms with E-state index in [9.17, 15) is 13.2 Å². The van der Waals surface area contributed by atoms with E-state index in [1.54, 1.807) is 11.4 Å². The topological polar surface area (TPSA) is 84.5 Å². The fraction of sp³-hybridized carbons (Fsp3) is 0.667. The molecule has 8 heteroatoms. The van der Waals surface area contributed by atoms with Gasteiger partial charge >= 0.3 is 0 Å². The van der Waals surface area contributed by atoms with Gasteiger partial charge in [-0.15, -0.1) is 11.3 Å². The lowest BCUT2D eigenvalue weighted by Gasteiger charge is -2.21. The molecule has 1 amide bonds. The lowest BCUT2D eigenvalue weighted by atomic mass is 10.1. The van der Waals surface area contributed by atoms with Crippen molar-refractivity contribution in [1.82, 2.24) is 10.0 Å². The quantitative estimate of drug-likeness (QED) is 0.623. The van der Waals surface area contributed by atoms with Crippen LogP contribution in [-0.4, -0.2) is 39.6 Å². The summed E-state index contributed by atoms with van der Waals surface area (Å²) in [5.74, 6) is -0.471. The highest BCUT2D eigenvalue weighted by Crippen LogP contribution is 2.17. The Balaban J connectivity index is 2.56. The van der Waals surface area contributed by atoms with Crippen LogP contribution in [0.5, 0.6) is 0 Å². The minimum absolute atomic E-state index is 0.156. The normalized spacial score (nSPS) is 13.5. The second-order valence-electron chi connectivity index (χ2n) is 5.84. The number of hydrogen-bond acceptors (Lipinski definition) is 5. The lowest BCUT2D eigenvalue weighted by Crippen LogP contribution is -2.49. The van der Waals surface area contributed by atoms with Gasteiger partial charge in [-0.05, 0) is 37.6 Å². The van der Waals surface area contributed by atoms with Crippen LogP contribution in [0.15, 0.2) is 21.7 Å². The van der Waals surface area contributed by atoms with Crippen LogP contribution in [0.3, 0.4) is 0 Å². The maximum Gasteiger partial charge on any atom is 0.250 e. The van der Waals surface area contributed by atoms with Crippen LogP contribution < -0.4 is 10.0 Å². The van der Waals surface area contributed by atoms with Crippen LogP contribution in [0, 0.1) is 5.92 Å². The Morgan fingerprint density at radius 3 is 2.52 bits per heavy atom. The molecule has 0 radical (unpaired) electrons. The number of ether oxygens (including phenoxy) is 1. The maximum atomic E-state index is 12.3. The van der Waals surface area contributed by atoms with Crippen molar-refractivity contribution in [1.29, 1.82) is 0 Å². The Hall–Kier alpha value is -0.960. The van der Waals surface area contributed by atoms with E-state index in [1.807, 2.05) is 27.7 Å². The van der Waals surface area contributed by atoms with Crippen LogP contribution >= 0.6 is 11.3 Å². The van der Waals surface area contributed by atoms with E-state index in [0.29, 0.717) is 19.6 Å². The van der Waals surface area contributed by atoms with Crippen LogP contribution in [0.2, 0.25) is 0 Å². The summed E-state index contributed by atoms with van der Waals surface area (Å²) in [4.78, 5) is 12.3. The summed E-state index contributed by atoms with van der Waals surface area (Å²) in [7, 11) is -3.67. The molecule has 0 aromatic carbocycles. The highest BCUT2D eigenvalue weighted by molar-refractivity contribution is 7.91. The third-order valence-electron chi connectivity index (χ3n) is 3.06. The second kappa shape index (κ2) is 9.36. The summed E-state index contributed by atoms with van der Waals surface area (Å²) in [5.41, 5.74) is 0. The van der Waals surface area contributed by atoms with Crippen molar-refractivity contribution >= 4 is 27.3 Å². The fourth-order valence-electron chi connectivity index (χ4n) is 1.85. The zero-order valence-electron chi connectivity index (χ0n) is 14.0. The van der Waals surface area contributed by atoms with Crippen LogP contribution in [0.25, 0.3) is 0 Å². The van der Waals surface area contributed by atoms with Gasteiger partial charge in [0, 0.05) is 13.2 Å². The van der Waals surface area contributed by atoms with Gasteiger partial charge in [0.25, 0.3) is 10.0 Å². The molecule has 0 aliphatic carbocycles. The summed E-state index contributed by atoms with van der Waals surface area (Å²) in [6.07, 6.45) is 0.846. The van der Waals surface area contributed by atoms with Crippen LogP contribution in [0.1, 0.15) is 34.1 Å². The van der Waals surface area contributed by atoms with Crippen molar-refractivity contribution in [3.63, 3.8) is 0 Å². The average Bonchev–Trinajstić information content (AvgIpc) is 2.98. The van der Waals surface area contributed by atoms with Gasteiger partial charge in [0.1, 0.15) is 10.3 Å². The third kappa shape index (κ3) is 6.99. The molecule has 0 aliphatic rings. The molecule has 0 spiro atoms. The SMILES string of the molecule is CC(C)OCCCNC(=O)[C@@H](NS(=O)(=O)c1cccs1)C(C)C. The summed E-state index contributed by atoms with van der Waals surface area (Å²) in [6.45, 7) is 8.53. The number of amides is 1. The molecule has 6 nitrogen and oxygen atoms in total. The minimum atomic E-state index is -3.67. The first-order valence-electron chi connectivity index (χ1n) is 7.69. The number of thiophene rings is 1. The first-order chi connectivity index (χ1) is 10.7. The fourth-order valence-corrected chi connectivity index (χ4v) is 4.20. The summed E-state index contributed by atoms with van der Waals surface area (Å²) >= 11 is 1.12. The zero-order valence-corrected chi connectivity index (χ0v) is 15.7. The molecule has 1 aromatic heterocycles. The van der Waals surface area contributed by atoms with Crippen molar-refractivity contribution in [3.05, 3.63) is 17.5 Å². The highest BCUT2D eigenvalue weighted by atomic mass is 32.2. The van der Waals surface area contributed by atoms with E-state index in [0.717, 1.165) is 11.3 Å². The Kier molecular flexibility index (Phi) is 8.18. The second-order valence-corrected chi connectivity index (χ2v) is 8.73. The first kappa shape index (κ1) is 20.1. The van der Waals surface area contributed by atoms with E-state index in [1.165, 1.54) is 6.07 Å². The molecule has 1 aromatic rings. The van der Waals surface area contributed by atoms with Crippen LogP contribution in [0.4, 0.5) is 0 Å². The minimum Gasteiger partial charge on any atom is -0.379 e. The zero-order chi connectivity index (χ0) is 17.5. The molecule has 0 fully saturated rings. The van der Waals surface area contributed by atoms with Gasteiger partial charge < -0.3 is 10.1 Å². The summed E-state index contributed by atoms with van der Waals surface area (Å²) in [6, 6.07) is 2.39. The number of hydrogen-bond donors (Lipinski definition) is 2. The third-order valence-corrected chi connectivity index (χ3v) is 5.90. The van der Waals surface area contributed by atoms with E-state index in [4.69, 9.17) is 4.74 Å². The van der Waals surface area contributed by atoms with E-state index in [-0.39, 0.29) is 22.1 Å². The molecule has 0 saturated heterocycles. The average molecular weight is 363 g/mol. The molecule has 132 valence electrons. The van der Waals surface area contributed by atoms with Crippen molar-refractivity contribution < 1.29 is 17.9 Å². The maximum absolute atomic E-state index is 12.3. The van der Waals surface area contributed by atoms with Gasteiger partial charge in [-0.2, -0.15) is 4.72 Å². The predicted molar refractivity (Wildman–Crippen MR) is 92.0 cm³/mol. The molecule has 0 bridgehead atoms. The molecule has 2 N–H and O–H groups in total. The highest BCUT2D eigenvalue weighted by Gasteiger charge is 2.28. The smallest absolute Gasteiger partial charge is 0.250 e. The Bertz CT molecular complexity index is 568. The molecular weight excluding hydrogens is 336 g/mol. The number of nitrogens with one attached hydrogen (secondary N) is 2. The molecule has 1 rings (SSSR count). The molecule has 1 atom stereocenters. The molecule has 1 heterocycles. The Morgan fingerprint density at radius 1 is 1.30 bits per heavy atom. The predicted octanol–water partition coefficient (Wildman–Crippen LogP) is 1.98. The van der Waals surface area contributed by atoms with Gasteiger partial charge in [-0.1, -0.05) is 19.9 Å². The molecular formula is C15H26N2O4S2. The standard InChI is InChI=1S/C15H26N2O4S2/c1-11(2)14(15(18)16-8-6-9-21-12(3)4)17-23(19,20)13-7-5-10-22-13/h5,7,10-12,14,17H,6,8-9H2,1-4H3,(H,16,18)/t14-/m0/s1. The molecule has 0 unspecified atom stereocenters. The Labute approximate surface area is 142 Å². The van der Waals surface area contributed by atoms with Crippen LogP contribution in [-0.2, 0) is 19.6 Å². The van der Waals surface area contributed by atoms with Crippen molar-refractivity contribution in [2.24, 2.45) is 5.92 Å². The largest absolute Gasteiger partial charge is 0.379 e.